The summed E-state index contributed by atoms with van der Waals surface area (Å²) in [5.41, 5.74) is 3.46. The molecule has 0 bridgehead atoms. The first-order valence-electron chi connectivity index (χ1n) is 9.53. The molecular weight excluding hydrogens is 368 g/mol. The first-order valence-corrected chi connectivity index (χ1v) is 9.53. The first-order chi connectivity index (χ1) is 14.3. The van der Waals surface area contributed by atoms with E-state index in [0.717, 1.165) is 48.3 Å². The highest BCUT2D eigenvalue weighted by molar-refractivity contribution is 6.03. The number of nitrogens with one attached hydrogen (secondary N) is 3. The summed E-state index contributed by atoms with van der Waals surface area (Å²) in [6.45, 7) is 3.56. The van der Waals surface area contributed by atoms with Gasteiger partial charge in [-0.15, -0.1) is 0 Å². The van der Waals surface area contributed by atoms with E-state index in [1.165, 1.54) is 0 Å². The molecular formula is C21H20N6O2. The average molecular weight is 388 g/mol. The number of fused-ring (bicyclic) bond motifs is 1. The Labute approximate surface area is 167 Å². The van der Waals surface area contributed by atoms with Crippen molar-refractivity contribution in [2.75, 3.05) is 36.4 Å². The first kappa shape index (κ1) is 17.4. The predicted octanol–water partition coefficient (Wildman–Crippen LogP) is 2.88. The number of carbonyl (C=O) groups excluding carboxylic acids is 1. The molecule has 0 atom stereocenters. The number of carbonyl (C=O) groups is 1. The summed E-state index contributed by atoms with van der Waals surface area (Å²) < 4.78 is 5.77. The molecule has 0 aliphatic carbocycles. The Balaban J connectivity index is 1.39. The third-order valence-electron chi connectivity index (χ3n) is 5.06. The van der Waals surface area contributed by atoms with Crippen LogP contribution in [0.2, 0.25) is 0 Å². The van der Waals surface area contributed by atoms with Crippen LogP contribution in [-0.2, 0) is 0 Å². The third-order valence-corrected chi connectivity index (χ3v) is 5.06. The van der Waals surface area contributed by atoms with Gasteiger partial charge in [0.1, 0.15) is 0 Å². The number of piperazine rings is 1. The van der Waals surface area contributed by atoms with Crippen LogP contribution < -0.4 is 15.5 Å². The zero-order valence-corrected chi connectivity index (χ0v) is 15.7. The smallest absolute Gasteiger partial charge is 0.311 e. The molecule has 0 saturated carbocycles. The molecule has 0 unspecified atom stereocenters. The molecule has 4 aromatic rings. The van der Waals surface area contributed by atoms with Gasteiger partial charge < -0.3 is 24.9 Å². The van der Waals surface area contributed by atoms with Crippen LogP contribution in [0.1, 0.15) is 10.7 Å². The molecule has 1 saturated heterocycles. The fraction of sp³-hybridized carbons (Fsp3) is 0.190. The minimum atomic E-state index is -0.402. The number of para-hydroxylation sites is 1. The summed E-state index contributed by atoms with van der Waals surface area (Å²) in [5.74, 6) is 0.155. The lowest BCUT2D eigenvalue weighted by Gasteiger charge is -2.30. The van der Waals surface area contributed by atoms with Gasteiger partial charge in [0.05, 0.1) is 23.8 Å². The number of rotatable bonds is 4. The number of hydrogen-bond donors (Lipinski definition) is 3. The lowest BCUT2D eigenvalue weighted by Crippen LogP contribution is -2.43. The molecule has 146 valence electrons. The van der Waals surface area contributed by atoms with E-state index in [1.54, 1.807) is 18.6 Å². The normalized spacial score (nSPS) is 14.3. The van der Waals surface area contributed by atoms with Crippen LogP contribution >= 0.6 is 0 Å². The van der Waals surface area contributed by atoms with E-state index < -0.39 is 5.91 Å². The van der Waals surface area contributed by atoms with Crippen molar-refractivity contribution in [1.29, 1.82) is 0 Å². The monoisotopic (exact) mass is 388 g/mol. The SMILES string of the molecule is O=C(Nc1cnccc1N1CCNCC1)c1ncc(-c2c[nH]c3ccccc23)o1. The molecule has 3 N–H and O–H groups in total. The molecule has 29 heavy (non-hydrogen) atoms. The average Bonchev–Trinajstić information content (AvgIpc) is 3.42. The van der Waals surface area contributed by atoms with Gasteiger partial charge in [0.15, 0.2) is 5.76 Å². The molecule has 0 spiro atoms. The second kappa shape index (κ2) is 7.40. The van der Waals surface area contributed by atoms with Crippen molar-refractivity contribution >= 4 is 28.2 Å². The minimum Gasteiger partial charge on any atom is -0.432 e. The second-order valence-electron chi connectivity index (χ2n) is 6.86. The van der Waals surface area contributed by atoms with E-state index in [9.17, 15) is 4.79 Å². The molecule has 3 aromatic heterocycles. The van der Waals surface area contributed by atoms with Crippen molar-refractivity contribution < 1.29 is 9.21 Å². The van der Waals surface area contributed by atoms with Crippen LogP contribution in [0.3, 0.4) is 0 Å². The number of nitrogens with zero attached hydrogens (tertiary/aromatic N) is 3. The largest absolute Gasteiger partial charge is 0.432 e. The van der Waals surface area contributed by atoms with E-state index in [0.29, 0.717) is 11.4 Å². The number of amides is 1. The number of anilines is 2. The molecule has 8 heteroatoms. The fourth-order valence-electron chi connectivity index (χ4n) is 3.62. The van der Waals surface area contributed by atoms with Gasteiger partial charge in [-0.05, 0) is 12.1 Å². The maximum atomic E-state index is 12.8. The van der Waals surface area contributed by atoms with E-state index >= 15 is 0 Å². The van der Waals surface area contributed by atoms with Crippen LogP contribution in [-0.4, -0.2) is 47.0 Å². The summed E-state index contributed by atoms with van der Waals surface area (Å²) in [5, 5.41) is 7.24. The molecule has 1 aromatic carbocycles. The van der Waals surface area contributed by atoms with Crippen molar-refractivity contribution in [2.24, 2.45) is 0 Å². The second-order valence-corrected chi connectivity index (χ2v) is 6.86. The summed E-state index contributed by atoms with van der Waals surface area (Å²) in [6.07, 6.45) is 6.81. The Morgan fingerprint density at radius 2 is 2.00 bits per heavy atom. The Morgan fingerprint density at radius 1 is 1.14 bits per heavy atom. The van der Waals surface area contributed by atoms with Gasteiger partial charge in [0, 0.05) is 55.0 Å². The molecule has 0 radical (unpaired) electrons. The lowest BCUT2D eigenvalue weighted by atomic mass is 10.1. The van der Waals surface area contributed by atoms with Gasteiger partial charge >= 0.3 is 5.91 Å². The topological polar surface area (TPSA) is 99.1 Å². The zero-order chi connectivity index (χ0) is 19.6. The Bertz CT molecular complexity index is 1160. The van der Waals surface area contributed by atoms with Crippen molar-refractivity contribution in [3.05, 3.63) is 61.0 Å². The van der Waals surface area contributed by atoms with Gasteiger partial charge in [-0.25, -0.2) is 4.98 Å². The molecule has 1 amide bonds. The van der Waals surface area contributed by atoms with Gasteiger partial charge in [-0.1, -0.05) is 18.2 Å². The molecule has 4 heterocycles. The maximum Gasteiger partial charge on any atom is 0.311 e. The van der Waals surface area contributed by atoms with E-state index in [4.69, 9.17) is 4.42 Å². The minimum absolute atomic E-state index is 0.0143. The van der Waals surface area contributed by atoms with Crippen LogP contribution in [0.4, 0.5) is 11.4 Å². The molecule has 1 aliphatic rings. The van der Waals surface area contributed by atoms with E-state index in [1.807, 2.05) is 36.5 Å². The van der Waals surface area contributed by atoms with Crippen LogP contribution in [0.15, 0.2) is 59.5 Å². The van der Waals surface area contributed by atoms with Crippen LogP contribution in [0.25, 0.3) is 22.2 Å². The lowest BCUT2D eigenvalue weighted by molar-refractivity contribution is 0.0991. The zero-order valence-electron chi connectivity index (χ0n) is 15.7. The summed E-state index contributed by atoms with van der Waals surface area (Å²) in [6, 6.07) is 9.82. The van der Waals surface area contributed by atoms with E-state index in [2.05, 4.69) is 30.5 Å². The quantitative estimate of drug-likeness (QED) is 0.497. The molecule has 1 fully saturated rings. The number of pyridine rings is 1. The highest BCUT2D eigenvalue weighted by atomic mass is 16.4. The Hall–Kier alpha value is -3.65. The third kappa shape index (κ3) is 3.34. The number of oxazole rings is 1. The standard InChI is InChI=1S/C21H20N6O2/c28-20(26-17-12-23-6-5-18(17)27-9-7-22-8-10-27)21-25-13-19(29-21)15-11-24-16-4-2-1-3-14(15)16/h1-6,11-13,22,24H,7-10H2,(H,26,28). The molecule has 8 nitrogen and oxygen atoms in total. The van der Waals surface area contributed by atoms with Crippen molar-refractivity contribution in [3.63, 3.8) is 0 Å². The van der Waals surface area contributed by atoms with Crippen molar-refractivity contribution in [3.8, 4) is 11.3 Å². The van der Waals surface area contributed by atoms with Crippen LogP contribution in [0.5, 0.6) is 0 Å². The number of H-pyrrole nitrogens is 1. The van der Waals surface area contributed by atoms with Gasteiger partial charge in [0.25, 0.3) is 5.89 Å². The number of aromatic nitrogens is 3. The summed E-state index contributed by atoms with van der Waals surface area (Å²) >= 11 is 0. The summed E-state index contributed by atoms with van der Waals surface area (Å²) in [4.78, 5) is 26.5. The number of benzene rings is 1. The van der Waals surface area contributed by atoms with Crippen LogP contribution in [0, 0.1) is 0 Å². The van der Waals surface area contributed by atoms with Crippen molar-refractivity contribution in [1.82, 2.24) is 20.3 Å². The highest BCUT2D eigenvalue weighted by Gasteiger charge is 2.20. The van der Waals surface area contributed by atoms with Gasteiger partial charge in [-0.2, -0.15) is 0 Å². The number of aromatic amines is 1. The summed E-state index contributed by atoms with van der Waals surface area (Å²) in [7, 11) is 0. The van der Waals surface area contributed by atoms with Gasteiger partial charge in [-0.3, -0.25) is 9.78 Å². The fourth-order valence-corrected chi connectivity index (χ4v) is 3.62. The Kier molecular flexibility index (Phi) is 4.45. The number of hydrogen-bond acceptors (Lipinski definition) is 6. The maximum absolute atomic E-state index is 12.8. The molecule has 5 rings (SSSR count). The Morgan fingerprint density at radius 3 is 2.90 bits per heavy atom. The molecule has 1 aliphatic heterocycles. The van der Waals surface area contributed by atoms with Crippen molar-refractivity contribution in [2.45, 2.75) is 0 Å². The highest BCUT2D eigenvalue weighted by Crippen LogP contribution is 2.30. The van der Waals surface area contributed by atoms with E-state index in [-0.39, 0.29) is 5.89 Å². The van der Waals surface area contributed by atoms with Gasteiger partial charge in [0.2, 0.25) is 0 Å². The predicted molar refractivity (Wildman–Crippen MR) is 111 cm³/mol.